The third-order valence-electron chi connectivity index (χ3n) is 6.88. The summed E-state index contributed by atoms with van der Waals surface area (Å²) in [6.45, 7) is 10.7. The maximum absolute atomic E-state index is 13.7. The molecule has 2 aromatic carbocycles. The Morgan fingerprint density at radius 1 is 0.897 bits per heavy atom. The van der Waals surface area contributed by atoms with Gasteiger partial charge < -0.3 is 14.1 Å². The maximum atomic E-state index is 13.7. The quantitative estimate of drug-likeness (QED) is 0.102. The highest BCUT2D eigenvalue weighted by Gasteiger charge is 2.22. The van der Waals surface area contributed by atoms with E-state index in [0.29, 0.717) is 40.9 Å². The summed E-state index contributed by atoms with van der Waals surface area (Å²) in [5, 5.41) is 0.711. The average molecular weight is 557 g/mol. The predicted octanol–water partition coefficient (Wildman–Crippen LogP) is 6.29. The second-order valence-electron chi connectivity index (χ2n) is 10.0. The van der Waals surface area contributed by atoms with E-state index in [1.165, 1.54) is 25.7 Å². The molecule has 8 heteroatoms. The first-order valence-electron chi connectivity index (χ1n) is 14.4. The van der Waals surface area contributed by atoms with E-state index < -0.39 is 10.9 Å². The van der Waals surface area contributed by atoms with E-state index in [4.69, 9.17) is 9.15 Å². The molecule has 7 nitrogen and oxygen atoms in total. The van der Waals surface area contributed by atoms with Gasteiger partial charge in [-0.15, -0.1) is 0 Å². The number of ketones is 1. The summed E-state index contributed by atoms with van der Waals surface area (Å²) in [7, 11) is -2.70. The van der Waals surface area contributed by atoms with Gasteiger partial charge in [0.15, 0.2) is 5.78 Å². The van der Waals surface area contributed by atoms with Gasteiger partial charge in [-0.3, -0.25) is 4.79 Å². The predicted molar refractivity (Wildman–Crippen MR) is 158 cm³/mol. The zero-order chi connectivity index (χ0) is 28.0. The lowest BCUT2D eigenvalue weighted by atomic mass is 9.97. The number of unbranched alkanes of at least 4 members (excludes halogenated alkanes) is 3. The summed E-state index contributed by atoms with van der Waals surface area (Å²) in [6.07, 6.45) is 8.40. The second kappa shape index (κ2) is 16.4. The number of fused-ring (bicyclic) bond motifs is 1. The normalized spacial score (nSPS) is 11.6. The third-order valence-corrected chi connectivity index (χ3v) is 7.30. The van der Waals surface area contributed by atoms with E-state index in [-0.39, 0.29) is 12.3 Å². The zero-order valence-electron chi connectivity index (χ0n) is 23.7. The minimum absolute atomic E-state index is 0.103. The first-order chi connectivity index (χ1) is 19.0. The first kappa shape index (κ1) is 30.9. The van der Waals surface area contributed by atoms with E-state index in [2.05, 4.69) is 30.4 Å². The lowest BCUT2D eigenvalue weighted by Crippen LogP contribution is -2.28. The van der Waals surface area contributed by atoms with Gasteiger partial charge in [-0.05, 0) is 80.7 Å². The van der Waals surface area contributed by atoms with Gasteiger partial charge >= 0.3 is 0 Å². The Kier molecular flexibility index (Phi) is 13.0. The molecule has 0 aliphatic carbocycles. The maximum Gasteiger partial charge on any atom is 0.201 e. The number of nitrogens with zero attached hydrogens (tertiary/aromatic N) is 1. The largest absolute Gasteiger partial charge is 0.494 e. The highest BCUT2D eigenvalue weighted by molar-refractivity contribution is 7.70. The van der Waals surface area contributed by atoms with Crippen LogP contribution in [0.4, 0.5) is 0 Å². The standard InChI is InChI=1S/C31H44N2O5S/c1-4-7-11-29-30(27-22-24(23-32-39(35)36)12-17-28(27)38-29)31(34)25-13-15-26(16-14-25)37-21-10-20-33(18-8-5-2)19-9-6-3/h12-17,22,39H,4-11,18-21,23H2,1-3H3,(H,32,35,36). The number of ether oxygens (including phenoxy) is 1. The molecule has 0 saturated heterocycles. The summed E-state index contributed by atoms with van der Waals surface area (Å²) in [5.41, 5.74) is 2.52. The molecular weight excluding hydrogens is 512 g/mol. The summed E-state index contributed by atoms with van der Waals surface area (Å²) >= 11 is 0. The van der Waals surface area contributed by atoms with Crippen LogP contribution in [-0.4, -0.2) is 45.3 Å². The molecule has 0 atom stereocenters. The fourth-order valence-electron chi connectivity index (χ4n) is 4.65. The molecule has 1 heterocycles. The van der Waals surface area contributed by atoms with Gasteiger partial charge in [0.25, 0.3) is 0 Å². The van der Waals surface area contributed by atoms with Gasteiger partial charge in [-0.2, -0.15) is 0 Å². The highest BCUT2D eigenvalue weighted by atomic mass is 32.2. The monoisotopic (exact) mass is 556 g/mol. The van der Waals surface area contributed by atoms with Crippen LogP contribution in [0.2, 0.25) is 0 Å². The van der Waals surface area contributed by atoms with Crippen LogP contribution in [-0.2, 0) is 23.9 Å². The van der Waals surface area contributed by atoms with E-state index in [0.717, 1.165) is 50.2 Å². The van der Waals surface area contributed by atoms with Crippen molar-refractivity contribution in [2.24, 2.45) is 0 Å². The molecule has 0 amide bonds. The average Bonchev–Trinajstić information content (AvgIpc) is 3.31. The Labute approximate surface area is 235 Å². The number of benzene rings is 2. The van der Waals surface area contributed by atoms with Crippen LogP contribution in [0.3, 0.4) is 0 Å². The topological polar surface area (TPSA) is 88.8 Å². The summed E-state index contributed by atoms with van der Waals surface area (Å²) in [5.74, 6) is 1.32. The molecule has 0 radical (unpaired) electrons. The molecule has 0 fully saturated rings. The molecule has 3 aromatic rings. The Bertz CT molecular complexity index is 1230. The Morgan fingerprint density at radius 2 is 1.56 bits per heavy atom. The number of hydrogen-bond acceptors (Lipinski definition) is 6. The molecule has 39 heavy (non-hydrogen) atoms. The lowest BCUT2D eigenvalue weighted by molar-refractivity contribution is 0.103. The van der Waals surface area contributed by atoms with Gasteiger partial charge in [0, 0.05) is 30.5 Å². The minimum atomic E-state index is -2.70. The number of aryl methyl sites for hydroxylation is 1. The summed E-state index contributed by atoms with van der Waals surface area (Å²) in [6, 6.07) is 12.8. The first-order valence-corrected chi connectivity index (χ1v) is 15.6. The number of hydrogen-bond donors (Lipinski definition) is 2. The van der Waals surface area contributed by atoms with Crippen molar-refractivity contribution in [3.8, 4) is 5.75 Å². The second-order valence-corrected chi connectivity index (χ2v) is 10.9. The molecule has 0 spiro atoms. The number of nitrogens with one attached hydrogen (secondary N) is 1. The van der Waals surface area contributed by atoms with Crippen LogP contribution in [0.1, 0.15) is 93.0 Å². The molecule has 0 unspecified atom stereocenters. The van der Waals surface area contributed by atoms with Crippen LogP contribution in [0.5, 0.6) is 5.75 Å². The van der Waals surface area contributed by atoms with Crippen molar-refractivity contribution in [1.29, 1.82) is 0 Å². The molecule has 1 N–H and O–H groups in total. The molecule has 1 aromatic heterocycles. The minimum Gasteiger partial charge on any atom is -0.494 e. The molecule has 0 bridgehead atoms. The van der Waals surface area contributed by atoms with E-state index in [9.17, 15) is 13.2 Å². The van der Waals surface area contributed by atoms with Gasteiger partial charge in [-0.1, -0.05) is 46.1 Å². The van der Waals surface area contributed by atoms with Crippen molar-refractivity contribution in [3.05, 3.63) is 64.9 Å². The summed E-state index contributed by atoms with van der Waals surface area (Å²) < 4.78 is 36.5. The van der Waals surface area contributed by atoms with Crippen molar-refractivity contribution in [2.45, 2.75) is 78.7 Å². The summed E-state index contributed by atoms with van der Waals surface area (Å²) in [4.78, 5) is 16.2. The number of carbonyl (C=O) groups excluding carboxylic acids is 1. The van der Waals surface area contributed by atoms with Crippen molar-refractivity contribution in [3.63, 3.8) is 0 Å². The van der Waals surface area contributed by atoms with Gasteiger partial charge in [0.2, 0.25) is 10.9 Å². The zero-order valence-corrected chi connectivity index (χ0v) is 24.6. The number of thiol groups is 1. The number of carbonyl (C=O) groups is 1. The molecule has 0 aliphatic rings. The lowest BCUT2D eigenvalue weighted by Gasteiger charge is -2.21. The van der Waals surface area contributed by atoms with Crippen LogP contribution in [0.15, 0.2) is 46.9 Å². The Hall–Kier alpha value is -2.68. The van der Waals surface area contributed by atoms with E-state index in [1.807, 2.05) is 36.4 Å². The van der Waals surface area contributed by atoms with Crippen molar-refractivity contribution < 1.29 is 22.4 Å². The van der Waals surface area contributed by atoms with Crippen molar-refractivity contribution in [2.75, 3.05) is 26.2 Å². The fourth-order valence-corrected chi connectivity index (χ4v) is 4.96. The van der Waals surface area contributed by atoms with Crippen molar-refractivity contribution in [1.82, 2.24) is 9.62 Å². The van der Waals surface area contributed by atoms with Crippen LogP contribution in [0.25, 0.3) is 11.0 Å². The van der Waals surface area contributed by atoms with Crippen molar-refractivity contribution >= 4 is 27.6 Å². The molecular formula is C31H44N2O5S. The van der Waals surface area contributed by atoms with E-state index in [1.54, 1.807) is 6.07 Å². The third kappa shape index (κ3) is 9.48. The highest BCUT2D eigenvalue weighted by Crippen LogP contribution is 2.31. The Balaban J connectivity index is 1.69. The smallest absolute Gasteiger partial charge is 0.201 e. The number of rotatable bonds is 19. The molecule has 3 rings (SSSR count). The Morgan fingerprint density at radius 3 is 2.21 bits per heavy atom. The van der Waals surface area contributed by atoms with Gasteiger partial charge in [-0.25, -0.2) is 13.1 Å². The van der Waals surface area contributed by atoms with Gasteiger partial charge in [0.05, 0.1) is 12.2 Å². The van der Waals surface area contributed by atoms with Crippen LogP contribution in [0, 0.1) is 0 Å². The fraction of sp³-hybridized carbons (Fsp3) is 0.516. The van der Waals surface area contributed by atoms with Crippen LogP contribution < -0.4 is 9.46 Å². The molecule has 214 valence electrons. The SMILES string of the molecule is CCCCc1oc2ccc(CN[SH](=O)=O)cc2c1C(=O)c1ccc(OCCCN(CCCC)CCCC)cc1. The van der Waals surface area contributed by atoms with Crippen LogP contribution >= 0.6 is 0 Å². The van der Waals surface area contributed by atoms with Gasteiger partial charge in [0.1, 0.15) is 17.1 Å². The number of furan rings is 1. The molecule has 0 aliphatic heterocycles. The van der Waals surface area contributed by atoms with E-state index >= 15 is 0 Å². The molecule has 0 saturated carbocycles.